The van der Waals surface area contributed by atoms with Crippen molar-refractivity contribution in [3.05, 3.63) is 72.2 Å². The highest BCUT2D eigenvalue weighted by molar-refractivity contribution is 6.03. The van der Waals surface area contributed by atoms with E-state index in [1.807, 2.05) is 30.3 Å². The molecule has 138 valence electrons. The fourth-order valence-corrected chi connectivity index (χ4v) is 2.43. The Kier molecular flexibility index (Phi) is 5.76. The number of benzene rings is 2. The first-order chi connectivity index (χ1) is 13.0. The molecule has 0 unspecified atom stereocenters. The van der Waals surface area contributed by atoms with Crippen LogP contribution in [0.15, 0.2) is 60.7 Å². The Morgan fingerprint density at radius 3 is 2.44 bits per heavy atom. The minimum Gasteiger partial charge on any atom is -0.370 e. The van der Waals surface area contributed by atoms with Gasteiger partial charge in [0, 0.05) is 18.2 Å². The molecule has 1 heterocycles. The number of carbonyl (C=O) groups excluding carboxylic acids is 1. The second kappa shape index (κ2) is 8.40. The summed E-state index contributed by atoms with van der Waals surface area (Å²) in [5, 5.41) is 5.78. The van der Waals surface area contributed by atoms with E-state index < -0.39 is 11.7 Å². The SMILES string of the molecule is CC(C)CNc1cc(C(=O)Nc2ccccc2F)nc(-c2ccccc2)n1. The zero-order chi connectivity index (χ0) is 19.2. The maximum absolute atomic E-state index is 13.8. The monoisotopic (exact) mass is 364 g/mol. The summed E-state index contributed by atoms with van der Waals surface area (Å²) < 4.78 is 13.8. The largest absolute Gasteiger partial charge is 0.370 e. The minimum absolute atomic E-state index is 0.110. The number of amides is 1. The lowest BCUT2D eigenvalue weighted by Gasteiger charge is -2.12. The molecule has 6 heteroatoms. The summed E-state index contributed by atoms with van der Waals surface area (Å²) in [6.07, 6.45) is 0. The van der Waals surface area contributed by atoms with E-state index in [-0.39, 0.29) is 11.4 Å². The molecule has 1 aromatic heterocycles. The van der Waals surface area contributed by atoms with E-state index in [9.17, 15) is 9.18 Å². The first kappa shape index (κ1) is 18.5. The predicted molar refractivity (Wildman–Crippen MR) is 105 cm³/mol. The number of hydrogen-bond acceptors (Lipinski definition) is 4. The predicted octanol–water partition coefficient (Wildman–Crippen LogP) is 4.60. The van der Waals surface area contributed by atoms with Crippen molar-refractivity contribution in [1.29, 1.82) is 0 Å². The van der Waals surface area contributed by atoms with Crippen LogP contribution in [0.1, 0.15) is 24.3 Å². The van der Waals surface area contributed by atoms with Crippen LogP contribution in [0.5, 0.6) is 0 Å². The molecule has 3 aromatic rings. The van der Waals surface area contributed by atoms with E-state index in [2.05, 4.69) is 34.4 Å². The highest BCUT2D eigenvalue weighted by Crippen LogP contribution is 2.20. The van der Waals surface area contributed by atoms with Gasteiger partial charge in [-0.25, -0.2) is 14.4 Å². The van der Waals surface area contributed by atoms with Gasteiger partial charge in [-0.05, 0) is 18.1 Å². The third-order valence-electron chi connectivity index (χ3n) is 3.80. The number of nitrogens with zero attached hydrogens (tertiary/aromatic N) is 2. The molecule has 2 aromatic carbocycles. The van der Waals surface area contributed by atoms with Gasteiger partial charge in [-0.15, -0.1) is 0 Å². The average molecular weight is 364 g/mol. The van der Waals surface area contributed by atoms with E-state index in [1.54, 1.807) is 18.2 Å². The number of halogens is 1. The second-order valence-corrected chi connectivity index (χ2v) is 6.54. The number of rotatable bonds is 6. The maximum atomic E-state index is 13.8. The zero-order valence-corrected chi connectivity index (χ0v) is 15.2. The zero-order valence-electron chi connectivity index (χ0n) is 15.2. The van der Waals surface area contributed by atoms with Crippen LogP contribution < -0.4 is 10.6 Å². The molecule has 27 heavy (non-hydrogen) atoms. The molecule has 0 radical (unpaired) electrons. The van der Waals surface area contributed by atoms with Crippen molar-refractivity contribution in [2.45, 2.75) is 13.8 Å². The average Bonchev–Trinajstić information content (AvgIpc) is 2.68. The Morgan fingerprint density at radius 2 is 1.74 bits per heavy atom. The molecule has 0 saturated heterocycles. The van der Waals surface area contributed by atoms with Gasteiger partial charge in [0.15, 0.2) is 5.82 Å². The van der Waals surface area contributed by atoms with Gasteiger partial charge in [-0.3, -0.25) is 4.79 Å². The van der Waals surface area contributed by atoms with Crippen LogP contribution in [0, 0.1) is 11.7 Å². The van der Waals surface area contributed by atoms with E-state index >= 15 is 0 Å². The Hall–Kier alpha value is -3.28. The molecule has 2 N–H and O–H groups in total. The fraction of sp³-hybridized carbons (Fsp3) is 0.190. The van der Waals surface area contributed by atoms with Crippen LogP contribution >= 0.6 is 0 Å². The molecule has 0 bridgehead atoms. The van der Waals surface area contributed by atoms with Crippen molar-refractivity contribution in [3.8, 4) is 11.4 Å². The lowest BCUT2D eigenvalue weighted by molar-refractivity contribution is 0.102. The summed E-state index contributed by atoms with van der Waals surface area (Å²) in [5.41, 5.74) is 1.07. The summed E-state index contributed by atoms with van der Waals surface area (Å²) >= 11 is 0. The molecular weight excluding hydrogens is 343 g/mol. The van der Waals surface area contributed by atoms with Gasteiger partial charge in [0.2, 0.25) is 0 Å². The second-order valence-electron chi connectivity index (χ2n) is 6.54. The fourth-order valence-electron chi connectivity index (χ4n) is 2.43. The highest BCUT2D eigenvalue weighted by atomic mass is 19.1. The number of hydrogen-bond donors (Lipinski definition) is 2. The van der Waals surface area contributed by atoms with Crippen molar-refractivity contribution in [3.63, 3.8) is 0 Å². The molecule has 0 atom stereocenters. The Morgan fingerprint density at radius 1 is 1.04 bits per heavy atom. The Bertz CT molecular complexity index is 928. The van der Waals surface area contributed by atoms with Gasteiger partial charge < -0.3 is 10.6 Å². The third kappa shape index (κ3) is 4.88. The highest BCUT2D eigenvalue weighted by Gasteiger charge is 2.15. The van der Waals surface area contributed by atoms with Crippen LogP contribution in [0.2, 0.25) is 0 Å². The first-order valence-corrected chi connectivity index (χ1v) is 8.77. The van der Waals surface area contributed by atoms with Gasteiger partial charge >= 0.3 is 0 Å². The molecule has 0 saturated carbocycles. The Balaban J connectivity index is 1.94. The molecular formula is C21H21FN4O. The summed E-state index contributed by atoms with van der Waals surface area (Å²) in [4.78, 5) is 21.5. The Labute approximate surface area is 157 Å². The van der Waals surface area contributed by atoms with Crippen molar-refractivity contribution in [2.24, 2.45) is 5.92 Å². The number of nitrogens with one attached hydrogen (secondary N) is 2. The quantitative estimate of drug-likeness (QED) is 0.671. The topological polar surface area (TPSA) is 66.9 Å². The molecule has 5 nitrogen and oxygen atoms in total. The van der Waals surface area contributed by atoms with Crippen molar-refractivity contribution in [1.82, 2.24) is 9.97 Å². The van der Waals surface area contributed by atoms with Gasteiger partial charge in [-0.1, -0.05) is 56.3 Å². The van der Waals surface area contributed by atoms with Crippen LogP contribution in [0.3, 0.4) is 0 Å². The van der Waals surface area contributed by atoms with Crippen molar-refractivity contribution < 1.29 is 9.18 Å². The van der Waals surface area contributed by atoms with E-state index in [0.717, 1.165) is 5.56 Å². The molecule has 1 amide bonds. The first-order valence-electron chi connectivity index (χ1n) is 8.77. The van der Waals surface area contributed by atoms with Gasteiger partial charge in [-0.2, -0.15) is 0 Å². The summed E-state index contributed by atoms with van der Waals surface area (Å²) in [5.74, 6) is 0.406. The summed E-state index contributed by atoms with van der Waals surface area (Å²) in [6.45, 7) is 4.87. The molecule has 0 fully saturated rings. The lowest BCUT2D eigenvalue weighted by Crippen LogP contribution is -2.17. The number of carbonyl (C=O) groups is 1. The third-order valence-corrected chi connectivity index (χ3v) is 3.80. The van der Waals surface area contributed by atoms with E-state index in [0.29, 0.717) is 24.1 Å². The maximum Gasteiger partial charge on any atom is 0.274 e. The van der Waals surface area contributed by atoms with Crippen molar-refractivity contribution >= 4 is 17.4 Å². The van der Waals surface area contributed by atoms with Crippen LogP contribution in [0.4, 0.5) is 15.9 Å². The molecule has 0 spiro atoms. The van der Waals surface area contributed by atoms with Crippen molar-refractivity contribution in [2.75, 3.05) is 17.2 Å². The number of anilines is 2. The minimum atomic E-state index is -0.499. The summed E-state index contributed by atoms with van der Waals surface area (Å²) in [7, 11) is 0. The van der Waals surface area contributed by atoms with Gasteiger partial charge in [0.25, 0.3) is 5.91 Å². The van der Waals surface area contributed by atoms with E-state index in [1.165, 1.54) is 12.1 Å². The van der Waals surface area contributed by atoms with E-state index in [4.69, 9.17) is 0 Å². The lowest BCUT2D eigenvalue weighted by atomic mass is 10.2. The molecule has 0 aliphatic carbocycles. The molecule has 3 rings (SSSR count). The number of para-hydroxylation sites is 1. The summed E-state index contributed by atoms with van der Waals surface area (Å²) in [6, 6.07) is 17.0. The standard InChI is InChI=1S/C21H21FN4O/c1-14(2)13-23-19-12-18(21(27)25-17-11-7-6-10-16(17)22)24-20(26-19)15-8-4-3-5-9-15/h3-12,14H,13H2,1-2H3,(H,25,27)(H,23,24,26). The van der Waals surface area contributed by atoms with Gasteiger partial charge in [0.1, 0.15) is 17.3 Å². The molecule has 0 aliphatic rings. The van der Waals surface area contributed by atoms with Crippen LogP contribution in [-0.2, 0) is 0 Å². The molecule has 0 aliphatic heterocycles. The smallest absolute Gasteiger partial charge is 0.274 e. The van der Waals surface area contributed by atoms with Crippen LogP contribution in [-0.4, -0.2) is 22.4 Å². The van der Waals surface area contributed by atoms with Crippen LogP contribution in [0.25, 0.3) is 11.4 Å². The van der Waals surface area contributed by atoms with Gasteiger partial charge in [0.05, 0.1) is 5.69 Å². The number of aromatic nitrogens is 2. The normalized spacial score (nSPS) is 10.7.